The van der Waals surface area contributed by atoms with Crippen LogP contribution in [0.5, 0.6) is 0 Å². The van der Waals surface area contributed by atoms with Crippen LogP contribution < -0.4 is 0 Å². The van der Waals surface area contributed by atoms with Gasteiger partial charge < -0.3 is 160 Å². The monoisotopic (exact) mass is 1460 g/mol. The normalized spacial score (nSPS) is 51.7. The molecule has 6 saturated heterocycles. The Bertz CT molecular complexity index is 2690. The van der Waals surface area contributed by atoms with Gasteiger partial charge in [-0.1, -0.05) is 53.2 Å². The molecule has 4 aliphatic carbocycles. The van der Waals surface area contributed by atoms with Crippen molar-refractivity contribution in [2.45, 2.75) is 347 Å². The molecule has 10 aliphatic rings. The molecule has 9 fully saturated rings. The lowest BCUT2D eigenvalue weighted by atomic mass is 9.38. The minimum atomic E-state index is -1.97. The molecule has 32 heteroatoms. The first kappa shape index (κ1) is 82.0. The third-order valence-electron chi connectivity index (χ3n) is 26.1. The average Bonchev–Trinajstić information content (AvgIpc) is 1.64. The highest BCUT2D eigenvalue weighted by Gasteiger charge is 2.71. The molecule has 0 aromatic carbocycles. The highest BCUT2D eigenvalue weighted by Crippen LogP contribution is 2.75. The van der Waals surface area contributed by atoms with Gasteiger partial charge in [0.05, 0.1) is 74.8 Å². The van der Waals surface area contributed by atoms with E-state index < -0.39 is 250 Å². The fourth-order valence-corrected chi connectivity index (χ4v) is 19.5. The second-order valence-electron chi connectivity index (χ2n) is 32.8. The summed E-state index contributed by atoms with van der Waals surface area (Å²) in [5.74, 6) is -0.0462. The molecule has 0 spiro atoms. The van der Waals surface area contributed by atoms with Crippen LogP contribution >= 0.6 is 0 Å². The van der Waals surface area contributed by atoms with Crippen molar-refractivity contribution in [2.75, 3.05) is 26.4 Å². The Kier molecular flexibility index (Phi) is 26.1. The van der Waals surface area contributed by atoms with Crippen molar-refractivity contribution in [1.82, 2.24) is 0 Å². The van der Waals surface area contributed by atoms with Crippen molar-refractivity contribution in [3.05, 3.63) is 11.6 Å². The summed E-state index contributed by atoms with van der Waals surface area (Å²) in [4.78, 5) is 0. The zero-order valence-corrected chi connectivity index (χ0v) is 58.9. The molecule has 10 rings (SSSR count). The zero-order valence-electron chi connectivity index (χ0n) is 58.9. The Labute approximate surface area is 587 Å². The van der Waals surface area contributed by atoms with Gasteiger partial charge in [-0.3, -0.25) is 0 Å². The summed E-state index contributed by atoms with van der Waals surface area (Å²) in [5, 5.41) is 239. The Hall–Kier alpha value is -1.54. The van der Waals surface area contributed by atoms with Gasteiger partial charge in [0.2, 0.25) is 0 Å². The number of fused-ring (bicyclic) bond motifs is 5. The van der Waals surface area contributed by atoms with Gasteiger partial charge in [0.1, 0.15) is 134 Å². The summed E-state index contributed by atoms with van der Waals surface area (Å²) in [5.41, 5.74) is -2.51. The lowest BCUT2D eigenvalue weighted by Gasteiger charge is -2.67. The van der Waals surface area contributed by atoms with Gasteiger partial charge in [-0.25, -0.2) is 0 Å². The second-order valence-corrected chi connectivity index (χ2v) is 32.8. The van der Waals surface area contributed by atoms with Crippen LogP contribution in [-0.2, 0) is 47.4 Å². The van der Waals surface area contributed by atoms with Crippen LogP contribution in [0.3, 0.4) is 0 Å². The highest BCUT2D eigenvalue weighted by molar-refractivity contribution is 5.32. The Morgan fingerprint density at radius 2 is 0.911 bits per heavy atom. The third-order valence-corrected chi connectivity index (χ3v) is 26.1. The number of aliphatic hydroxyl groups is 22. The van der Waals surface area contributed by atoms with Crippen molar-refractivity contribution in [1.29, 1.82) is 0 Å². The average molecular weight is 1460 g/mol. The number of ether oxygens (including phenoxy) is 10. The largest absolute Gasteiger partial charge is 0.394 e. The van der Waals surface area contributed by atoms with Crippen molar-refractivity contribution in [2.24, 2.45) is 45.3 Å². The summed E-state index contributed by atoms with van der Waals surface area (Å²) >= 11 is 0. The molecule has 0 radical (unpaired) electrons. The smallest absolute Gasteiger partial charge is 0.187 e. The first-order valence-corrected chi connectivity index (χ1v) is 36.3. The lowest BCUT2D eigenvalue weighted by Crippen LogP contribution is -2.65. The molecule has 6 aliphatic heterocycles. The lowest BCUT2D eigenvalue weighted by molar-refractivity contribution is -0.380. The number of rotatable bonds is 24. The van der Waals surface area contributed by atoms with Gasteiger partial charge in [-0.05, 0) is 132 Å². The molecule has 0 bridgehead atoms. The predicted octanol–water partition coefficient (Wildman–Crippen LogP) is -5.58. The molecular formula is C69H118O32. The summed E-state index contributed by atoms with van der Waals surface area (Å²) in [6, 6.07) is 0. The van der Waals surface area contributed by atoms with E-state index in [2.05, 4.69) is 47.6 Å². The Balaban J connectivity index is 0.783. The van der Waals surface area contributed by atoms with E-state index in [9.17, 15) is 112 Å². The maximum Gasteiger partial charge on any atom is 0.187 e. The van der Waals surface area contributed by atoms with Crippen LogP contribution in [0.15, 0.2) is 11.6 Å². The van der Waals surface area contributed by atoms with Crippen LogP contribution in [0, 0.1) is 45.3 Å². The van der Waals surface area contributed by atoms with Crippen molar-refractivity contribution < 1.29 is 160 Å². The van der Waals surface area contributed by atoms with Crippen molar-refractivity contribution >= 4 is 0 Å². The minimum absolute atomic E-state index is 0.0152. The van der Waals surface area contributed by atoms with E-state index in [1.807, 2.05) is 0 Å². The molecule has 0 aromatic heterocycles. The highest BCUT2D eigenvalue weighted by atomic mass is 16.8. The number of allylic oxidation sites excluding steroid dienone is 1. The first-order valence-electron chi connectivity index (χ1n) is 36.3. The summed E-state index contributed by atoms with van der Waals surface area (Å²) in [6.07, 6.45) is -42.4. The van der Waals surface area contributed by atoms with E-state index in [0.717, 1.165) is 18.4 Å². The van der Waals surface area contributed by atoms with Crippen molar-refractivity contribution in [3.63, 3.8) is 0 Å². The predicted molar refractivity (Wildman–Crippen MR) is 344 cm³/mol. The van der Waals surface area contributed by atoms with E-state index >= 15 is 0 Å². The van der Waals surface area contributed by atoms with E-state index in [0.29, 0.717) is 32.1 Å². The molecule has 101 heavy (non-hydrogen) atoms. The molecule has 22 N–H and O–H groups in total. The Morgan fingerprint density at radius 1 is 0.475 bits per heavy atom. The second kappa shape index (κ2) is 32.2. The molecule has 3 saturated carbocycles. The summed E-state index contributed by atoms with van der Waals surface area (Å²) in [7, 11) is 0. The maximum absolute atomic E-state index is 12.9. The van der Waals surface area contributed by atoms with E-state index in [-0.39, 0.29) is 67.6 Å². The summed E-state index contributed by atoms with van der Waals surface area (Å²) in [6.45, 7) is 13.2. The number of aliphatic hydroxyl groups excluding tert-OH is 21. The number of hydrogen-bond donors (Lipinski definition) is 22. The SMILES string of the molecule is C[C@H](CC[C@@H](O[C@@H]1O[C@H](CO[C@@H]2O[C@H](CO)[C@@H](O)[C@H](O)[C@H]2O)[C@@H](O)[C@H](O)[C@H]1O[C@@H]1O[C@H](CO)[C@@H](O)[C@H](O)[C@H]1O)C(C)(C)O)[C@H]1CC[C@@]2(C)[C@@H]3CC=C4C(CC[C@H](O[C@@H]5O[C@H](CCC[C@@H]6O[C@H](CC[C@@H]7O[C@H](CO)[C@@H](O)[C@H](O)[C@H]7O)[C@@H](O)[C@H](O)[C@H]6O)[C@@H](O)[C@H](O)[C@H]5O)C4(C)C)[C@]3(C)[C@H](O)C[C@]12C. The fraction of sp³-hybridized carbons (Fsp3) is 0.971. The van der Waals surface area contributed by atoms with Crippen LogP contribution in [-0.4, -0.2) is 347 Å². The zero-order chi connectivity index (χ0) is 74.2. The molecule has 586 valence electrons. The molecule has 6 heterocycles. The molecular weight excluding hydrogens is 1340 g/mol. The van der Waals surface area contributed by atoms with Gasteiger partial charge in [0, 0.05) is 10.8 Å². The van der Waals surface area contributed by atoms with Crippen LogP contribution in [0.2, 0.25) is 0 Å². The molecule has 32 nitrogen and oxygen atoms in total. The topological polar surface area (TPSA) is 537 Å². The summed E-state index contributed by atoms with van der Waals surface area (Å²) < 4.78 is 60.4. The quantitative estimate of drug-likeness (QED) is 0.0401. The molecule has 0 amide bonds. The first-order chi connectivity index (χ1) is 47.3. The standard InChI is InChI=1S/C69H118O32/c1-27(12-18-42(66(4,5)91)100-64-60(101-63-59(90)55(86)49(80)37(25-72)97-63)56(87)50(81)38(98-64)26-92-61-57(88)54(85)48(79)36(24-71)96-61)28-20-21-67(6)39-17-13-29-30(69(39,8)40(73)22-68(28,67)7)14-19-41(65(29,2)3)99-62-58(89)53(84)44(75)32(95-62)11-9-10-31-43(74)51(82)45(76)33(93-31)15-16-34-46(77)52(83)47(78)35(23-70)94-34/h13,27-28,30-64,70-91H,9-12,14-26H2,1-8H3/t27-,28-,30?,31+,32-,33-,34+,35-,36-,37-,38-,39+,40-,41+,42-,43+,44-,45-,46+,47-,48-,49-,50-,51-,52-,53+,54+,55+,56+,57-,58-,59-,60-,61-,62+,63+,64+,67+,68-,69+/m1/s1. The minimum Gasteiger partial charge on any atom is -0.394 e. The Morgan fingerprint density at radius 3 is 1.45 bits per heavy atom. The van der Waals surface area contributed by atoms with Crippen LogP contribution in [0.4, 0.5) is 0 Å². The van der Waals surface area contributed by atoms with E-state index in [4.69, 9.17) is 47.4 Å². The molecule has 0 aromatic rings. The van der Waals surface area contributed by atoms with Gasteiger partial charge >= 0.3 is 0 Å². The fourth-order valence-electron chi connectivity index (χ4n) is 19.5. The van der Waals surface area contributed by atoms with Gasteiger partial charge in [-0.2, -0.15) is 0 Å². The molecule has 1 unspecified atom stereocenters. The van der Waals surface area contributed by atoms with E-state index in [1.54, 1.807) is 0 Å². The van der Waals surface area contributed by atoms with Gasteiger partial charge in [-0.15, -0.1) is 0 Å². The van der Waals surface area contributed by atoms with Crippen LogP contribution in [0.1, 0.15) is 139 Å². The van der Waals surface area contributed by atoms with Crippen molar-refractivity contribution in [3.8, 4) is 0 Å². The maximum atomic E-state index is 12.9. The third kappa shape index (κ3) is 15.5. The van der Waals surface area contributed by atoms with E-state index in [1.165, 1.54) is 13.8 Å². The molecule has 40 atom stereocenters. The number of hydrogen-bond acceptors (Lipinski definition) is 32. The van der Waals surface area contributed by atoms with Gasteiger partial charge in [0.15, 0.2) is 25.2 Å². The van der Waals surface area contributed by atoms with Crippen LogP contribution in [0.25, 0.3) is 0 Å². The van der Waals surface area contributed by atoms with Gasteiger partial charge in [0.25, 0.3) is 0 Å².